The Morgan fingerprint density at radius 3 is 2.12 bits per heavy atom. The van der Waals surface area contributed by atoms with Crippen molar-refractivity contribution in [2.75, 3.05) is 16.0 Å². The molecular formula is C46H49N3S3. The molecule has 52 heavy (non-hydrogen) atoms. The first kappa shape index (κ1) is 34.3. The van der Waals surface area contributed by atoms with Crippen molar-refractivity contribution in [1.82, 2.24) is 0 Å². The lowest BCUT2D eigenvalue weighted by Gasteiger charge is -2.42. The highest BCUT2D eigenvalue weighted by Gasteiger charge is 2.39. The van der Waals surface area contributed by atoms with Crippen LogP contribution in [0.2, 0.25) is 0 Å². The van der Waals surface area contributed by atoms with Gasteiger partial charge in [0.2, 0.25) is 0 Å². The average molecular weight is 740 g/mol. The maximum Gasteiger partial charge on any atom is 0.0608 e. The van der Waals surface area contributed by atoms with E-state index in [0.717, 1.165) is 19.3 Å². The highest BCUT2D eigenvalue weighted by atomic mass is 32.2. The Balaban J connectivity index is 1.00. The summed E-state index contributed by atoms with van der Waals surface area (Å²) >= 11 is 6.00. The molecular weight excluding hydrogens is 691 g/mol. The van der Waals surface area contributed by atoms with Crippen molar-refractivity contribution in [3.8, 4) is 0 Å². The van der Waals surface area contributed by atoms with Crippen LogP contribution in [0.25, 0.3) is 0 Å². The van der Waals surface area contributed by atoms with Crippen LogP contribution in [0.1, 0.15) is 65.0 Å². The normalized spacial score (nSPS) is 27.7. The fourth-order valence-corrected chi connectivity index (χ4v) is 12.4. The Labute approximate surface area is 323 Å². The lowest BCUT2D eigenvalue weighted by Crippen LogP contribution is -2.38. The van der Waals surface area contributed by atoms with Gasteiger partial charge in [0.1, 0.15) is 0 Å². The molecule has 0 aromatic heterocycles. The standard InChI is InChI=1S/C46H49N3S3/c1-6-12-28-23-36-44(27-32(28)45(3,4)29-18-21-41-37(24-29)47-33-13-8-10-15-39(33)50-41)52-43-26-31(17-20-35(43)49-36)46(5,7-2)30-19-22-42-38(25-30)48-34-14-9-11-16-40(34)51-42/h8-11,13-27,34,36-37,40-41,44,47-49H,6-7,12H2,1-5H3. The fourth-order valence-electron chi connectivity index (χ4n) is 8.82. The summed E-state index contributed by atoms with van der Waals surface area (Å²) in [6.45, 7) is 12.0. The first-order chi connectivity index (χ1) is 25.2. The van der Waals surface area contributed by atoms with E-state index in [2.05, 4.69) is 166 Å². The molecule has 0 saturated heterocycles. The van der Waals surface area contributed by atoms with Gasteiger partial charge in [0, 0.05) is 42.6 Å². The Morgan fingerprint density at radius 1 is 0.615 bits per heavy atom. The van der Waals surface area contributed by atoms with Crippen LogP contribution in [0.15, 0.2) is 147 Å². The zero-order valence-electron chi connectivity index (χ0n) is 30.8. The maximum absolute atomic E-state index is 3.98. The zero-order chi connectivity index (χ0) is 35.6. The SMILES string of the molecule is CCCC1=CC2Nc3ccc(C(C)(CC)c4ccc5c(c4)NC4C=CC=CC4S5)cc3SC2C=C1C(C)(C)C1=CC2Nc3ccccc3SC2C=C1. The summed E-state index contributed by atoms with van der Waals surface area (Å²) in [4.78, 5) is 4.04. The molecule has 3 N–H and O–H groups in total. The van der Waals surface area contributed by atoms with Crippen LogP contribution < -0.4 is 16.0 Å². The maximum atomic E-state index is 3.98. The molecule has 3 aliphatic heterocycles. The summed E-state index contributed by atoms with van der Waals surface area (Å²) in [5, 5.41) is 12.9. The number of hydrogen-bond donors (Lipinski definition) is 3. The lowest BCUT2D eigenvalue weighted by molar-refractivity contribution is 0.536. The van der Waals surface area contributed by atoms with E-state index in [1.165, 1.54) is 59.6 Å². The van der Waals surface area contributed by atoms with Gasteiger partial charge >= 0.3 is 0 Å². The molecule has 266 valence electrons. The second-order valence-corrected chi connectivity index (χ2v) is 19.4. The minimum Gasteiger partial charge on any atom is -0.376 e. The third-order valence-corrected chi connectivity index (χ3v) is 16.1. The number of rotatable bonds is 7. The molecule has 3 aliphatic carbocycles. The first-order valence-electron chi connectivity index (χ1n) is 19.1. The van der Waals surface area contributed by atoms with Crippen molar-refractivity contribution >= 4 is 52.3 Å². The quantitative estimate of drug-likeness (QED) is 0.224. The fraction of sp³-hybridized carbons (Fsp3) is 0.348. The van der Waals surface area contributed by atoms with Crippen molar-refractivity contribution in [2.45, 2.75) is 108 Å². The van der Waals surface area contributed by atoms with Crippen molar-refractivity contribution in [1.29, 1.82) is 0 Å². The summed E-state index contributed by atoms with van der Waals surface area (Å²) in [6, 6.07) is 24.0. The monoisotopic (exact) mass is 739 g/mol. The molecule has 3 heterocycles. The van der Waals surface area contributed by atoms with Crippen LogP contribution in [0.3, 0.4) is 0 Å². The number of benzene rings is 3. The molecule has 0 radical (unpaired) electrons. The van der Waals surface area contributed by atoms with Gasteiger partial charge in [-0.15, -0.1) is 35.3 Å². The third kappa shape index (κ3) is 5.94. The number of thioether (sulfide) groups is 3. The summed E-state index contributed by atoms with van der Waals surface area (Å²) < 4.78 is 0. The van der Waals surface area contributed by atoms with Gasteiger partial charge in [-0.25, -0.2) is 0 Å². The largest absolute Gasteiger partial charge is 0.376 e. The van der Waals surface area contributed by atoms with E-state index in [1.54, 1.807) is 0 Å². The molecule has 7 unspecified atom stereocenters. The Kier molecular flexibility index (Phi) is 8.87. The number of para-hydroxylation sites is 1. The second-order valence-electron chi connectivity index (χ2n) is 15.8. The molecule has 3 aromatic rings. The van der Waals surface area contributed by atoms with Gasteiger partial charge < -0.3 is 16.0 Å². The van der Waals surface area contributed by atoms with Crippen molar-refractivity contribution in [2.24, 2.45) is 5.41 Å². The number of anilines is 3. The van der Waals surface area contributed by atoms with Gasteiger partial charge in [0.15, 0.2) is 0 Å². The van der Waals surface area contributed by atoms with Gasteiger partial charge in [0.25, 0.3) is 0 Å². The van der Waals surface area contributed by atoms with E-state index in [4.69, 9.17) is 0 Å². The summed E-state index contributed by atoms with van der Waals surface area (Å²) in [5.74, 6) is 0. The Hall–Kier alpha value is -3.45. The van der Waals surface area contributed by atoms with E-state index < -0.39 is 0 Å². The van der Waals surface area contributed by atoms with Crippen LogP contribution in [-0.2, 0) is 5.41 Å². The molecule has 3 aromatic carbocycles. The average Bonchev–Trinajstić information content (AvgIpc) is 3.17. The highest BCUT2D eigenvalue weighted by Crippen LogP contribution is 2.51. The predicted molar refractivity (Wildman–Crippen MR) is 228 cm³/mol. The Bertz CT molecular complexity index is 2100. The van der Waals surface area contributed by atoms with Crippen molar-refractivity contribution < 1.29 is 0 Å². The predicted octanol–water partition coefficient (Wildman–Crippen LogP) is 12.2. The second kappa shape index (κ2) is 13.4. The summed E-state index contributed by atoms with van der Waals surface area (Å²) in [7, 11) is 0. The van der Waals surface area contributed by atoms with Crippen LogP contribution >= 0.6 is 35.3 Å². The van der Waals surface area contributed by atoms with E-state index in [0.29, 0.717) is 27.8 Å². The first-order valence-corrected chi connectivity index (χ1v) is 21.7. The van der Waals surface area contributed by atoms with Gasteiger partial charge in [-0.2, -0.15) is 0 Å². The molecule has 6 aliphatic rings. The van der Waals surface area contributed by atoms with E-state index in [9.17, 15) is 0 Å². The number of hydrogen-bond acceptors (Lipinski definition) is 6. The molecule has 6 heteroatoms. The summed E-state index contributed by atoms with van der Waals surface area (Å²) in [6.07, 6.45) is 24.8. The minimum absolute atomic E-state index is 0.0969. The van der Waals surface area contributed by atoms with Gasteiger partial charge in [-0.1, -0.05) is 120 Å². The van der Waals surface area contributed by atoms with Crippen LogP contribution in [0.5, 0.6) is 0 Å². The topological polar surface area (TPSA) is 36.1 Å². The van der Waals surface area contributed by atoms with Gasteiger partial charge in [0.05, 0.1) is 33.9 Å². The molecule has 9 rings (SSSR count). The van der Waals surface area contributed by atoms with Crippen LogP contribution in [0, 0.1) is 5.41 Å². The van der Waals surface area contributed by atoms with Crippen molar-refractivity contribution in [3.63, 3.8) is 0 Å². The van der Waals surface area contributed by atoms with Gasteiger partial charge in [-0.3, -0.25) is 0 Å². The molecule has 0 saturated carbocycles. The van der Waals surface area contributed by atoms with Crippen LogP contribution in [0.4, 0.5) is 17.1 Å². The van der Waals surface area contributed by atoms with E-state index in [-0.39, 0.29) is 16.9 Å². The minimum atomic E-state index is -0.108. The number of allylic oxidation sites excluding steroid dienone is 6. The van der Waals surface area contributed by atoms with Crippen LogP contribution in [-0.4, -0.2) is 33.9 Å². The molecule has 0 amide bonds. The molecule has 3 nitrogen and oxygen atoms in total. The Morgan fingerprint density at radius 2 is 1.29 bits per heavy atom. The highest BCUT2D eigenvalue weighted by molar-refractivity contribution is 8.00. The number of fused-ring (bicyclic) bond motifs is 6. The molecule has 0 spiro atoms. The zero-order valence-corrected chi connectivity index (χ0v) is 33.2. The van der Waals surface area contributed by atoms with Gasteiger partial charge in [-0.05, 0) is 77.1 Å². The molecule has 0 bridgehead atoms. The summed E-state index contributed by atoms with van der Waals surface area (Å²) in [5.41, 5.74) is 10.7. The molecule has 0 fully saturated rings. The van der Waals surface area contributed by atoms with E-state index in [1.807, 2.05) is 35.3 Å². The number of nitrogens with one attached hydrogen (secondary N) is 3. The molecule has 7 atom stereocenters. The smallest absolute Gasteiger partial charge is 0.0608 e. The van der Waals surface area contributed by atoms with Crippen molar-refractivity contribution in [3.05, 3.63) is 143 Å². The third-order valence-electron chi connectivity index (χ3n) is 12.2. The van der Waals surface area contributed by atoms with E-state index >= 15 is 0 Å². The lowest BCUT2D eigenvalue weighted by atomic mass is 9.69.